The zero-order valence-electron chi connectivity index (χ0n) is 20.2. The van der Waals surface area contributed by atoms with Crippen LogP contribution in [0, 0.1) is 6.92 Å². The van der Waals surface area contributed by atoms with Gasteiger partial charge in [0.05, 0.1) is 22.6 Å². The van der Waals surface area contributed by atoms with E-state index in [1.165, 1.54) is 9.21 Å². The lowest BCUT2D eigenvalue weighted by Crippen LogP contribution is -2.34. The summed E-state index contributed by atoms with van der Waals surface area (Å²) in [5.41, 5.74) is 1.79. The fraction of sp³-hybridized carbons (Fsp3) is 0.440. The fourth-order valence-corrected chi connectivity index (χ4v) is 6.37. The molecular weight excluding hydrogens is 487 g/mol. The van der Waals surface area contributed by atoms with E-state index in [-0.39, 0.29) is 29.8 Å². The Bertz CT molecular complexity index is 1130. The zero-order valence-corrected chi connectivity index (χ0v) is 21.9. The summed E-state index contributed by atoms with van der Waals surface area (Å²) < 4.78 is 44.9. The predicted octanol–water partition coefficient (Wildman–Crippen LogP) is 4.62. The van der Waals surface area contributed by atoms with Gasteiger partial charge in [-0.3, -0.25) is 14.5 Å². The molecule has 0 bridgehead atoms. The van der Waals surface area contributed by atoms with Crippen LogP contribution in [0.25, 0.3) is 0 Å². The Balaban J connectivity index is 1.60. The molecular formula is C25H32N2O6PS+. The standard InChI is InChI=1S/C25H32N2O6PS/c1-3-33-34(30)19-9-8-17-26(35(31,32)21-14-12-20(2)13-15-21)16-6-7-18-27-24(28)22-10-4-5-11-23(22)25(27)29/h4-5,10-15H,3,6-9,16-19H2,1-2H3/q+1. The summed E-state index contributed by atoms with van der Waals surface area (Å²) in [4.78, 5) is 26.6. The van der Waals surface area contributed by atoms with Gasteiger partial charge in [-0.2, -0.15) is 4.31 Å². The summed E-state index contributed by atoms with van der Waals surface area (Å²) in [6.07, 6.45) is 2.51. The molecule has 2 amide bonds. The number of amides is 2. The molecule has 2 aromatic rings. The van der Waals surface area contributed by atoms with E-state index in [9.17, 15) is 22.6 Å². The molecule has 0 fully saturated rings. The van der Waals surface area contributed by atoms with E-state index < -0.39 is 18.1 Å². The molecule has 0 N–H and O–H groups in total. The van der Waals surface area contributed by atoms with Crippen molar-refractivity contribution in [3.63, 3.8) is 0 Å². The van der Waals surface area contributed by atoms with E-state index in [0.29, 0.717) is 56.1 Å². The van der Waals surface area contributed by atoms with Crippen molar-refractivity contribution < 1.29 is 27.1 Å². The van der Waals surface area contributed by atoms with E-state index in [1.54, 1.807) is 55.5 Å². The Kier molecular flexibility index (Phi) is 9.69. The molecule has 1 atom stereocenters. The lowest BCUT2D eigenvalue weighted by Gasteiger charge is -2.23. The average Bonchev–Trinajstić information content (AvgIpc) is 3.08. The van der Waals surface area contributed by atoms with Gasteiger partial charge in [-0.05, 0) is 68.4 Å². The molecule has 1 aliphatic heterocycles. The third-order valence-electron chi connectivity index (χ3n) is 5.85. The van der Waals surface area contributed by atoms with Gasteiger partial charge in [0.15, 0.2) is 6.16 Å². The predicted molar refractivity (Wildman–Crippen MR) is 134 cm³/mol. The van der Waals surface area contributed by atoms with Crippen molar-refractivity contribution in [2.24, 2.45) is 0 Å². The molecule has 188 valence electrons. The highest BCUT2D eigenvalue weighted by Gasteiger charge is 2.34. The van der Waals surface area contributed by atoms with Crippen molar-refractivity contribution in [1.29, 1.82) is 0 Å². The van der Waals surface area contributed by atoms with Gasteiger partial charge in [-0.25, -0.2) is 8.42 Å². The first kappa shape index (κ1) is 27.1. The largest absolute Gasteiger partial charge is 0.508 e. The number of hydrogen-bond donors (Lipinski definition) is 0. The monoisotopic (exact) mass is 519 g/mol. The number of nitrogens with zero attached hydrogens (tertiary/aromatic N) is 2. The SMILES string of the molecule is CCO[P+](=O)CCCCN(CCCCN1C(=O)c2ccccc2C1=O)S(=O)(=O)c1ccc(C)cc1. The number of hydrogen-bond acceptors (Lipinski definition) is 6. The molecule has 10 heteroatoms. The highest BCUT2D eigenvalue weighted by atomic mass is 32.2. The van der Waals surface area contributed by atoms with E-state index >= 15 is 0 Å². The van der Waals surface area contributed by atoms with Gasteiger partial charge in [0.25, 0.3) is 11.8 Å². The molecule has 0 saturated heterocycles. The topological polar surface area (TPSA) is 101 Å². The normalized spacial score (nSPS) is 14.0. The smallest absolute Gasteiger partial charge is 0.274 e. The van der Waals surface area contributed by atoms with Crippen molar-refractivity contribution in [3.8, 4) is 0 Å². The van der Waals surface area contributed by atoms with Crippen LogP contribution in [0.1, 0.15) is 58.9 Å². The lowest BCUT2D eigenvalue weighted by molar-refractivity contribution is 0.0651. The first-order chi connectivity index (χ1) is 16.8. The molecule has 1 heterocycles. The number of imide groups is 1. The molecule has 0 radical (unpaired) electrons. The maximum Gasteiger partial charge on any atom is 0.508 e. The highest BCUT2D eigenvalue weighted by molar-refractivity contribution is 7.89. The summed E-state index contributed by atoms with van der Waals surface area (Å²) in [5.74, 6) is -0.615. The molecule has 0 aromatic heterocycles. The van der Waals surface area contributed by atoms with E-state index in [0.717, 1.165) is 5.56 Å². The van der Waals surface area contributed by atoms with E-state index in [4.69, 9.17) is 4.52 Å². The number of benzene rings is 2. The maximum absolute atomic E-state index is 13.3. The van der Waals surface area contributed by atoms with Gasteiger partial charge in [0.2, 0.25) is 10.0 Å². The third kappa shape index (κ3) is 6.82. The Morgan fingerprint density at radius 3 is 2.03 bits per heavy atom. The number of aryl methyl sites for hydroxylation is 1. The molecule has 35 heavy (non-hydrogen) atoms. The van der Waals surface area contributed by atoms with Crippen molar-refractivity contribution in [3.05, 3.63) is 65.2 Å². The van der Waals surface area contributed by atoms with Gasteiger partial charge in [-0.15, -0.1) is 4.52 Å². The minimum Gasteiger partial charge on any atom is -0.274 e. The Labute approximate surface area is 208 Å². The van der Waals surface area contributed by atoms with Gasteiger partial charge in [0.1, 0.15) is 0 Å². The fourth-order valence-electron chi connectivity index (χ4n) is 3.95. The Hall–Kier alpha value is -2.45. The van der Waals surface area contributed by atoms with Crippen LogP contribution in [0.5, 0.6) is 0 Å². The van der Waals surface area contributed by atoms with Crippen LogP contribution in [0.2, 0.25) is 0 Å². The molecule has 2 aromatic carbocycles. The van der Waals surface area contributed by atoms with Crippen LogP contribution in [-0.2, 0) is 19.1 Å². The number of carbonyl (C=O) groups is 2. The molecule has 8 nitrogen and oxygen atoms in total. The second-order valence-electron chi connectivity index (χ2n) is 8.41. The summed E-state index contributed by atoms with van der Waals surface area (Å²) in [5, 5.41) is 0. The highest BCUT2D eigenvalue weighted by Crippen LogP contribution is 2.25. The summed E-state index contributed by atoms with van der Waals surface area (Å²) in [6, 6.07) is 13.5. The number of fused-ring (bicyclic) bond motifs is 1. The molecule has 0 saturated carbocycles. The van der Waals surface area contributed by atoms with Crippen LogP contribution < -0.4 is 0 Å². The lowest BCUT2D eigenvalue weighted by atomic mass is 10.1. The van der Waals surface area contributed by atoms with Gasteiger partial charge < -0.3 is 0 Å². The minimum absolute atomic E-state index is 0.226. The first-order valence-electron chi connectivity index (χ1n) is 11.9. The van der Waals surface area contributed by atoms with Gasteiger partial charge >= 0.3 is 8.03 Å². The van der Waals surface area contributed by atoms with E-state index in [2.05, 4.69) is 0 Å². The quantitative estimate of drug-likeness (QED) is 0.205. The summed E-state index contributed by atoms with van der Waals surface area (Å²) in [7, 11) is -5.43. The first-order valence-corrected chi connectivity index (χ1v) is 14.7. The van der Waals surface area contributed by atoms with Crippen LogP contribution in [0.15, 0.2) is 53.4 Å². The van der Waals surface area contributed by atoms with Crippen LogP contribution >= 0.6 is 8.03 Å². The zero-order chi connectivity index (χ0) is 25.4. The summed E-state index contributed by atoms with van der Waals surface area (Å²) in [6.45, 7) is 4.85. The second-order valence-corrected chi connectivity index (χ2v) is 11.7. The van der Waals surface area contributed by atoms with Gasteiger partial charge in [0, 0.05) is 19.6 Å². The van der Waals surface area contributed by atoms with Crippen molar-refractivity contribution in [2.75, 3.05) is 32.4 Å². The molecule has 0 spiro atoms. The Morgan fingerprint density at radius 1 is 0.886 bits per heavy atom. The number of rotatable bonds is 14. The van der Waals surface area contributed by atoms with Crippen molar-refractivity contribution >= 4 is 29.9 Å². The van der Waals surface area contributed by atoms with Crippen molar-refractivity contribution in [1.82, 2.24) is 9.21 Å². The Morgan fingerprint density at radius 2 is 1.46 bits per heavy atom. The molecule has 1 aliphatic rings. The van der Waals surface area contributed by atoms with E-state index in [1.807, 2.05) is 6.92 Å². The maximum atomic E-state index is 13.3. The number of sulfonamides is 1. The van der Waals surface area contributed by atoms with Crippen molar-refractivity contribution in [2.45, 2.75) is 44.4 Å². The number of unbranched alkanes of at least 4 members (excludes halogenated alkanes) is 2. The average molecular weight is 520 g/mol. The van der Waals surface area contributed by atoms with Gasteiger partial charge in [-0.1, -0.05) is 29.8 Å². The molecule has 3 rings (SSSR count). The second kappa shape index (κ2) is 12.5. The minimum atomic E-state index is -3.71. The number of carbonyl (C=O) groups excluding carboxylic acids is 2. The van der Waals surface area contributed by atoms with Crippen LogP contribution in [0.4, 0.5) is 0 Å². The van der Waals surface area contributed by atoms with Crippen LogP contribution in [-0.4, -0.2) is 61.8 Å². The summed E-state index contributed by atoms with van der Waals surface area (Å²) >= 11 is 0. The van der Waals surface area contributed by atoms with Crippen LogP contribution in [0.3, 0.4) is 0 Å². The molecule has 0 aliphatic carbocycles. The third-order valence-corrected chi connectivity index (χ3v) is 8.99. The molecule has 1 unspecified atom stereocenters.